The normalized spacial score (nSPS) is 21.1. The van der Waals surface area contributed by atoms with Crippen LogP contribution in [-0.4, -0.2) is 46.6 Å². The van der Waals surface area contributed by atoms with Crippen molar-refractivity contribution in [1.82, 2.24) is 14.8 Å². The minimum Gasteiger partial charge on any atom is -0.361 e. The number of para-hydroxylation sites is 2. The summed E-state index contributed by atoms with van der Waals surface area (Å²) in [6.07, 6.45) is 8.06. The van der Waals surface area contributed by atoms with Crippen LogP contribution in [0.4, 0.5) is 10.5 Å². The zero-order valence-corrected chi connectivity index (χ0v) is 17.4. The maximum Gasteiger partial charge on any atom is 0.323 e. The summed E-state index contributed by atoms with van der Waals surface area (Å²) in [4.78, 5) is 21.0. The van der Waals surface area contributed by atoms with Crippen LogP contribution >= 0.6 is 0 Å². The molecule has 2 amide bonds. The summed E-state index contributed by atoms with van der Waals surface area (Å²) < 4.78 is 0. The Morgan fingerprint density at radius 2 is 1.67 bits per heavy atom. The second-order valence-electron chi connectivity index (χ2n) is 8.57. The van der Waals surface area contributed by atoms with Crippen molar-refractivity contribution in [2.45, 2.75) is 44.2 Å². The van der Waals surface area contributed by atoms with Crippen LogP contribution in [0, 0.1) is 0 Å². The molecule has 2 fully saturated rings. The van der Waals surface area contributed by atoms with E-state index in [0.29, 0.717) is 5.92 Å². The molecule has 3 aromatic rings. The smallest absolute Gasteiger partial charge is 0.323 e. The average Bonchev–Trinajstić information content (AvgIpc) is 3.24. The number of likely N-dealkylation sites (tertiary alicyclic amines) is 2. The number of nitrogens with zero attached hydrogens (tertiary/aromatic N) is 2. The zero-order chi connectivity index (χ0) is 20.3. The van der Waals surface area contributed by atoms with Gasteiger partial charge in [-0.1, -0.05) is 36.4 Å². The number of urea groups is 1. The fraction of sp³-hybridized carbons (Fsp3) is 0.400. The molecule has 5 nitrogen and oxygen atoms in total. The predicted octanol–water partition coefficient (Wildman–Crippen LogP) is 5.39. The number of piperidine rings is 2. The van der Waals surface area contributed by atoms with Crippen molar-refractivity contribution < 1.29 is 4.79 Å². The molecule has 1 aromatic heterocycles. The van der Waals surface area contributed by atoms with Crippen molar-refractivity contribution >= 4 is 22.6 Å². The van der Waals surface area contributed by atoms with Crippen molar-refractivity contribution in [1.29, 1.82) is 0 Å². The maximum atomic E-state index is 13.0. The molecule has 5 rings (SSSR count). The maximum absolute atomic E-state index is 13.0. The Kier molecular flexibility index (Phi) is 5.45. The molecule has 2 aliphatic rings. The van der Waals surface area contributed by atoms with Crippen molar-refractivity contribution in [2.24, 2.45) is 0 Å². The molecule has 5 heteroatoms. The SMILES string of the molecule is O=C(Nc1ccccc1)N1CCCCC1N1CCC(c2c[nH]c3ccccc23)CC1. The van der Waals surface area contributed by atoms with E-state index in [4.69, 9.17) is 0 Å². The Bertz CT molecular complexity index is 991. The van der Waals surface area contributed by atoms with Gasteiger partial charge in [-0.05, 0) is 61.8 Å². The molecule has 0 spiro atoms. The summed E-state index contributed by atoms with van der Waals surface area (Å²) in [5, 5.41) is 4.45. The van der Waals surface area contributed by atoms with Crippen LogP contribution < -0.4 is 5.32 Å². The molecule has 0 saturated carbocycles. The Morgan fingerprint density at radius 3 is 2.50 bits per heavy atom. The van der Waals surface area contributed by atoms with Gasteiger partial charge in [0.15, 0.2) is 0 Å². The molecule has 2 N–H and O–H groups in total. The Labute approximate surface area is 178 Å². The van der Waals surface area contributed by atoms with Gasteiger partial charge in [0, 0.05) is 42.4 Å². The Morgan fingerprint density at radius 1 is 0.900 bits per heavy atom. The standard InChI is InChI=1S/C25H30N4O/c30-25(27-20-8-2-1-3-9-20)29-15-7-6-12-24(29)28-16-13-19(14-17-28)22-18-26-23-11-5-4-10-21(22)23/h1-5,8-11,18-19,24,26H,6-7,12-17H2,(H,27,30). The molecule has 1 unspecified atom stereocenters. The summed E-state index contributed by atoms with van der Waals surface area (Å²) >= 11 is 0. The summed E-state index contributed by atoms with van der Waals surface area (Å²) in [7, 11) is 0. The summed E-state index contributed by atoms with van der Waals surface area (Å²) in [5.41, 5.74) is 3.54. The molecule has 156 valence electrons. The number of anilines is 1. The van der Waals surface area contributed by atoms with Gasteiger partial charge in [-0.25, -0.2) is 4.79 Å². The van der Waals surface area contributed by atoms with E-state index < -0.39 is 0 Å². The number of fused-ring (bicyclic) bond motifs is 1. The van der Waals surface area contributed by atoms with Crippen molar-refractivity contribution in [3.05, 3.63) is 66.4 Å². The number of rotatable bonds is 3. The number of benzene rings is 2. The lowest BCUT2D eigenvalue weighted by atomic mass is 9.88. The van der Waals surface area contributed by atoms with E-state index in [-0.39, 0.29) is 12.2 Å². The van der Waals surface area contributed by atoms with Gasteiger partial charge in [0.05, 0.1) is 6.17 Å². The topological polar surface area (TPSA) is 51.4 Å². The first kappa shape index (κ1) is 19.2. The number of aromatic amines is 1. The second-order valence-corrected chi connectivity index (χ2v) is 8.57. The van der Waals surface area contributed by atoms with Crippen LogP contribution in [0.25, 0.3) is 10.9 Å². The highest BCUT2D eigenvalue weighted by molar-refractivity contribution is 5.89. The van der Waals surface area contributed by atoms with Crippen molar-refractivity contribution in [2.75, 3.05) is 25.0 Å². The first-order chi connectivity index (χ1) is 14.8. The molecule has 0 bridgehead atoms. The number of H-pyrrole nitrogens is 1. The van der Waals surface area contributed by atoms with Crippen LogP contribution in [0.2, 0.25) is 0 Å². The fourth-order valence-corrected chi connectivity index (χ4v) is 5.19. The molecule has 0 radical (unpaired) electrons. The minimum absolute atomic E-state index is 0.0321. The number of amides is 2. The fourth-order valence-electron chi connectivity index (χ4n) is 5.19. The van der Waals surface area contributed by atoms with Crippen molar-refractivity contribution in [3.63, 3.8) is 0 Å². The highest BCUT2D eigenvalue weighted by atomic mass is 16.2. The van der Waals surface area contributed by atoms with Crippen LogP contribution in [0.15, 0.2) is 60.8 Å². The molecule has 2 saturated heterocycles. The Hall–Kier alpha value is -2.79. The third kappa shape index (κ3) is 3.82. The number of nitrogens with one attached hydrogen (secondary N) is 2. The molecular weight excluding hydrogens is 372 g/mol. The average molecular weight is 403 g/mol. The number of hydrogen-bond acceptors (Lipinski definition) is 2. The minimum atomic E-state index is 0.0321. The molecule has 1 atom stereocenters. The van der Waals surface area contributed by atoms with E-state index in [1.165, 1.54) is 22.9 Å². The van der Waals surface area contributed by atoms with Gasteiger partial charge in [0.1, 0.15) is 0 Å². The molecule has 0 aliphatic carbocycles. The molecule has 2 aromatic carbocycles. The van der Waals surface area contributed by atoms with Crippen LogP contribution in [0.5, 0.6) is 0 Å². The highest BCUT2D eigenvalue weighted by Gasteiger charge is 2.34. The lowest BCUT2D eigenvalue weighted by Gasteiger charge is -2.45. The van der Waals surface area contributed by atoms with E-state index in [1.54, 1.807) is 0 Å². The predicted molar refractivity (Wildman–Crippen MR) is 122 cm³/mol. The quantitative estimate of drug-likeness (QED) is 0.617. The van der Waals surface area contributed by atoms with Crippen LogP contribution in [0.3, 0.4) is 0 Å². The number of aromatic nitrogens is 1. The first-order valence-electron chi connectivity index (χ1n) is 11.2. The number of carbonyl (C=O) groups is 1. The van der Waals surface area contributed by atoms with Gasteiger partial charge >= 0.3 is 6.03 Å². The van der Waals surface area contributed by atoms with E-state index in [9.17, 15) is 4.79 Å². The lowest BCUT2D eigenvalue weighted by molar-refractivity contribution is 0.0275. The van der Waals surface area contributed by atoms with Crippen molar-refractivity contribution in [3.8, 4) is 0 Å². The van der Waals surface area contributed by atoms with Gasteiger partial charge in [-0.2, -0.15) is 0 Å². The third-order valence-corrected chi connectivity index (χ3v) is 6.77. The van der Waals surface area contributed by atoms with Gasteiger partial charge in [-0.15, -0.1) is 0 Å². The largest absolute Gasteiger partial charge is 0.361 e. The van der Waals surface area contributed by atoms with Gasteiger partial charge < -0.3 is 15.2 Å². The lowest BCUT2D eigenvalue weighted by Crippen LogP contribution is -2.56. The molecule has 30 heavy (non-hydrogen) atoms. The third-order valence-electron chi connectivity index (χ3n) is 6.77. The molecule has 3 heterocycles. The van der Waals surface area contributed by atoms with Crippen LogP contribution in [0.1, 0.15) is 43.6 Å². The molecular formula is C25H30N4O. The summed E-state index contributed by atoms with van der Waals surface area (Å²) in [5.74, 6) is 0.590. The Balaban J connectivity index is 1.25. The van der Waals surface area contributed by atoms with Gasteiger partial charge in [0.2, 0.25) is 0 Å². The van der Waals surface area contributed by atoms with Gasteiger partial charge in [0.25, 0.3) is 0 Å². The zero-order valence-electron chi connectivity index (χ0n) is 17.4. The molecule has 2 aliphatic heterocycles. The first-order valence-corrected chi connectivity index (χ1v) is 11.2. The van der Waals surface area contributed by atoms with Gasteiger partial charge in [-0.3, -0.25) is 4.90 Å². The number of hydrogen-bond donors (Lipinski definition) is 2. The van der Waals surface area contributed by atoms with E-state index in [0.717, 1.165) is 51.0 Å². The second kappa shape index (κ2) is 8.52. The monoisotopic (exact) mass is 402 g/mol. The summed E-state index contributed by atoms with van der Waals surface area (Å²) in [6.45, 7) is 2.93. The highest BCUT2D eigenvalue weighted by Crippen LogP contribution is 2.35. The van der Waals surface area contributed by atoms with E-state index in [1.807, 2.05) is 30.3 Å². The van der Waals surface area contributed by atoms with E-state index >= 15 is 0 Å². The van der Waals surface area contributed by atoms with Crippen LogP contribution in [-0.2, 0) is 0 Å². The summed E-state index contributed by atoms with van der Waals surface area (Å²) in [6, 6.07) is 18.4. The number of carbonyl (C=O) groups excluding carboxylic acids is 1. The van der Waals surface area contributed by atoms with E-state index in [2.05, 4.69) is 50.6 Å².